The molecular formula is C26H35N3O4S. The van der Waals surface area contributed by atoms with E-state index >= 15 is 0 Å². The highest BCUT2D eigenvalue weighted by Crippen LogP contribution is 2.45. The van der Waals surface area contributed by atoms with Gasteiger partial charge in [0, 0.05) is 23.7 Å². The van der Waals surface area contributed by atoms with Crippen LogP contribution in [0.15, 0.2) is 40.1 Å². The first kappa shape index (κ1) is 26.0. The Balaban J connectivity index is 1.91. The van der Waals surface area contributed by atoms with Crippen molar-refractivity contribution < 1.29 is 19.7 Å². The van der Waals surface area contributed by atoms with Gasteiger partial charge in [-0.15, -0.1) is 0 Å². The van der Waals surface area contributed by atoms with Crippen LogP contribution in [0.4, 0.5) is 5.95 Å². The van der Waals surface area contributed by atoms with Gasteiger partial charge >= 0.3 is 5.97 Å². The van der Waals surface area contributed by atoms with E-state index in [-0.39, 0.29) is 41.0 Å². The predicted molar refractivity (Wildman–Crippen MR) is 134 cm³/mol. The number of cyclic esters (lactones) is 1. The van der Waals surface area contributed by atoms with Crippen molar-refractivity contribution in [2.24, 2.45) is 5.92 Å². The molecule has 184 valence electrons. The molecule has 0 saturated carbocycles. The maximum atomic E-state index is 13.2. The summed E-state index contributed by atoms with van der Waals surface area (Å²) in [5.74, 6) is -0.256. The summed E-state index contributed by atoms with van der Waals surface area (Å²) in [6.45, 7) is 12.1. The lowest BCUT2D eigenvalue weighted by atomic mass is 9.80. The molecule has 0 aliphatic carbocycles. The van der Waals surface area contributed by atoms with Crippen LogP contribution in [0.2, 0.25) is 0 Å². The fraction of sp³-hybridized carbons (Fsp3) is 0.500. The van der Waals surface area contributed by atoms with Crippen molar-refractivity contribution in [1.82, 2.24) is 9.97 Å². The second-order valence-electron chi connectivity index (χ2n) is 10.3. The number of carbonyl (C=O) groups is 1. The lowest BCUT2D eigenvalue weighted by molar-refractivity contribution is -0.164. The van der Waals surface area contributed by atoms with E-state index in [1.807, 2.05) is 32.9 Å². The highest BCUT2D eigenvalue weighted by molar-refractivity contribution is 8.04. The van der Waals surface area contributed by atoms with Crippen molar-refractivity contribution in [2.75, 3.05) is 5.73 Å². The minimum absolute atomic E-state index is 0.00364. The fourth-order valence-electron chi connectivity index (χ4n) is 4.13. The molecule has 1 atom stereocenters. The SMILES string of the molecule is Cc1cc(SC2=C(O)CC(CCc3cnc(N)nc3)(C(C)C)OC2=O)c(C(C)(C)C)cc1CO. The third kappa shape index (κ3) is 5.55. The topological polar surface area (TPSA) is 119 Å². The van der Waals surface area contributed by atoms with Crippen LogP contribution < -0.4 is 5.73 Å². The van der Waals surface area contributed by atoms with E-state index in [1.165, 1.54) is 11.8 Å². The molecule has 1 aromatic carbocycles. The third-order valence-corrected chi connectivity index (χ3v) is 7.62. The number of aromatic nitrogens is 2. The van der Waals surface area contributed by atoms with Crippen LogP contribution in [0, 0.1) is 12.8 Å². The fourth-order valence-corrected chi connectivity index (χ4v) is 5.37. The Morgan fingerprint density at radius 1 is 1.24 bits per heavy atom. The molecule has 1 aliphatic heterocycles. The zero-order chi connectivity index (χ0) is 25.3. The molecule has 1 aromatic heterocycles. The summed E-state index contributed by atoms with van der Waals surface area (Å²) >= 11 is 1.24. The summed E-state index contributed by atoms with van der Waals surface area (Å²) in [6, 6.07) is 3.95. The van der Waals surface area contributed by atoms with E-state index in [0.717, 1.165) is 27.1 Å². The molecule has 2 heterocycles. The predicted octanol–water partition coefficient (Wildman–Crippen LogP) is 4.99. The average Bonchev–Trinajstić information content (AvgIpc) is 2.75. The number of esters is 1. The highest BCUT2D eigenvalue weighted by atomic mass is 32.2. The van der Waals surface area contributed by atoms with Gasteiger partial charge in [0.15, 0.2) is 0 Å². The molecule has 3 rings (SSSR count). The van der Waals surface area contributed by atoms with Crippen molar-refractivity contribution in [1.29, 1.82) is 0 Å². The molecule has 4 N–H and O–H groups in total. The van der Waals surface area contributed by atoms with E-state index < -0.39 is 11.6 Å². The van der Waals surface area contributed by atoms with Crippen molar-refractivity contribution in [3.05, 3.63) is 57.4 Å². The van der Waals surface area contributed by atoms with Gasteiger partial charge in [0.1, 0.15) is 16.3 Å². The van der Waals surface area contributed by atoms with E-state index in [2.05, 4.69) is 30.7 Å². The number of nitrogens with zero attached hydrogens (tertiary/aromatic N) is 2. The summed E-state index contributed by atoms with van der Waals surface area (Å²) in [5, 5.41) is 20.8. The minimum atomic E-state index is -0.823. The van der Waals surface area contributed by atoms with Crippen LogP contribution in [0.25, 0.3) is 0 Å². The molecule has 34 heavy (non-hydrogen) atoms. The first-order chi connectivity index (χ1) is 15.9. The molecule has 8 heteroatoms. The monoisotopic (exact) mass is 485 g/mol. The van der Waals surface area contributed by atoms with Crippen LogP contribution in [-0.2, 0) is 28.0 Å². The average molecular weight is 486 g/mol. The molecule has 1 aliphatic rings. The van der Waals surface area contributed by atoms with Crippen molar-refractivity contribution in [3.63, 3.8) is 0 Å². The van der Waals surface area contributed by atoms with Gasteiger partial charge < -0.3 is 20.7 Å². The van der Waals surface area contributed by atoms with Crippen LogP contribution >= 0.6 is 11.8 Å². The third-order valence-electron chi connectivity index (χ3n) is 6.45. The minimum Gasteiger partial charge on any atom is -0.511 e. The quantitative estimate of drug-likeness (QED) is 0.469. The van der Waals surface area contributed by atoms with E-state index in [9.17, 15) is 15.0 Å². The molecule has 1 unspecified atom stereocenters. The van der Waals surface area contributed by atoms with Gasteiger partial charge in [-0.1, -0.05) is 52.4 Å². The number of benzene rings is 1. The Hall–Kier alpha value is -2.58. The van der Waals surface area contributed by atoms with Crippen molar-refractivity contribution in [3.8, 4) is 0 Å². The molecule has 0 fully saturated rings. The van der Waals surface area contributed by atoms with Gasteiger partial charge in [-0.05, 0) is 59.4 Å². The standard InChI is InChI=1S/C26H35N3O4S/c1-15(2)26(8-7-17-12-28-24(27)29-13-17)11-20(31)22(23(32)33-26)34-21-9-16(3)18(14-30)10-19(21)25(4,5)6/h9-10,12-13,15,30-31H,7-8,11,14H2,1-6H3,(H2,27,28,29). The zero-order valence-corrected chi connectivity index (χ0v) is 21.6. The van der Waals surface area contributed by atoms with Gasteiger partial charge in [-0.25, -0.2) is 14.8 Å². The summed E-state index contributed by atoms with van der Waals surface area (Å²) < 4.78 is 6.05. The number of nitrogens with two attached hydrogens (primary N) is 1. The maximum absolute atomic E-state index is 13.2. The Labute approximate surface area is 205 Å². The van der Waals surface area contributed by atoms with Crippen LogP contribution in [0.3, 0.4) is 0 Å². The van der Waals surface area contributed by atoms with E-state index in [4.69, 9.17) is 10.5 Å². The molecule has 0 saturated heterocycles. The second-order valence-corrected chi connectivity index (χ2v) is 11.3. The van der Waals surface area contributed by atoms with Crippen molar-refractivity contribution >= 4 is 23.7 Å². The van der Waals surface area contributed by atoms with E-state index in [0.29, 0.717) is 12.8 Å². The number of aryl methyl sites for hydroxylation is 2. The molecule has 2 aromatic rings. The van der Waals surface area contributed by atoms with Gasteiger partial charge in [-0.3, -0.25) is 0 Å². The number of hydrogen-bond acceptors (Lipinski definition) is 8. The highest BCUT2D eigenvalue weighted by Gasteiger charge is 2.44. The van der Waals surface area contributed by atoms with Gasteiger partial charge in [-0.2, -0.15) is 0 Å². The normalized spacial score (nSPS) is 19.0. The largest absolute Gasteiger partial charge is 0.511 e. The number of aliphatic hydroxyl groups is 2. The van der Waals surface area contributed by atoms with Crippen LogP contribution in [0.1, 0.15) is 69.7 Å². The summed E-state index contributed by atoms with van der Waals surface area (Å²) in [4.78, 5) is 22.4. The van der Waals surface area contributed by atoms with Crippen LogP contribution in [0.5, 0.6) is 0 Å². The Morgan fingerprint density at radius 3 is 2.41 bits per heavy atom. The molecule has 0 amide bonds. The Morgan fingerprint density at radius 2 is 1.88 bits per heavy atom. The number of hydrogen-bond donors (Lipinski definition) is 3. The van der Waals surface area contributed by atoms with Gasteiger partial charge in [0.2, 0.25) is 5.95 Å². The molecular weight excluding hydrogens is 450 g/mol. The zero-order valence-electron chi connectivity index (χ0n) is 20.8. The lowest BCUT2D eigenvalue weighted by Gasteiger charge is -2.40. The summed E-state index contributed by atoms with van der Waals surface area (Å²) in [7, 11) is 0. The number of thioether (sulfide) groups is 1. The number of aliphatic hydroxyl groups excluding tert-OH is 2. The van der Waals surface area contributed by atoms with Gasteiger partial charge in [0.05, 0.1) is 6.61 Å². The number of carbonyl (C=O) groups excluding carboxylic acids is 1. The summed E-state index contributed by atoms with van der Waals surface area (Å²) in [5.41, 5.74) is 8.22. The first-order valence-electron chi connectivity index (χ1n) is 11.5. The number of ether oxygens (including phenoxy) is 1. The van der Waals surface area contributed by atoms with Crippen LogP contribution in [-0.4, -0.2) is 31.8 Å². The Kier molecular flexibility index (Phi) is 7.62. The van der Waals surface area contributed by atoms with Crippen molar-refractivity contribution in [2.45, 2.75) is 83.3 Å². The number of rotatable bonds is 7. The Bertz CT molecular complexity index is 1090. The second kappa shape index (κ2) is 9.96. The summed E-state index contributed by atoms with van der Waals surface area (Å²) in [6.07, 6.45) is 4.71. The van der Waals surface area contributed by atoms with E-state index in [1.54, 1.807) is 12.4 Å². The molecule has 0 spiro atoms. The number of anilines is 1. The molecule has 7 nitrogen and oxygen atoms in total. The van der Waals surface area contributed by atoms with Gasteiger partial charge in [0.25, 0.3) is 0 Å². The molecule has 0 bridgehead atoms. The lowest BCUT2D eigenvalue weighted by Crippen LogP contribution is -2.44. The molecule has 0 radical (unpaired) electrons. The number of nitrogen functional groups attached to an aromatic ring is 1. The first-order valence-corrected chi connectivity index (χ1v) is 12.3. The maximum Gasteiger partial charge on any atom is 0.349 e. The smallest absolute Gasteiger partial charge is 0.349 e.